The Morgan fingerprint density at radius 2 is 1.97 bits per heavy atom. The van der Waals surface area contributed by atoms with E-state index in [2.05, 4.69) is 40.6 Å². The van der Waals surface area contributed by atoms with E-state index in [9.17, 15) is 4.79 Å². The van der Waals surface area contributed by atoms with E-state index in [1.807, 2.05) is 44.0 Å². The number of nitrogens with zero attached hydrogens (tertiary/aromatic N) is 1. The van der Waals surface area contributed by atoms with E-state index < -0.39 is 5.60 Å². The summed E-state index contributed by atoms with van der Waals surface area (Å²) in [6.45, 7) is 8.35. The molecule has 1 unspecified atom stereocenters. The molecule has 0 aliphatic heterocycles. The molecule has 1 amide bonds. The predicted octanol–water partition coefficient (Wildman–Crippen LogP) is 4.68. The summed E-state index contributed by atoms with van der Waals surface area (Å²) in [5, 5.41) is 3.58. The van der Waals surface area contributed by atoms with E-state index >= 15 is 0 Å². The van der Waals surface area contributed by atoms with Crippen LogP contribution >= 0.6 is 0 Å². The van der Waals surface area contributed by atoms with Crippen molar-refractivity contribution in [2.24, 2.45) is 5.41 Å². The van der Waals surface area contributed by atoms with Crippen LogP contribution in [-0.2, 0) is 11.3 Å². The Morgan fingerprint density at radius 1 is 1.21 bits per heavy atom. The molecule has 2 N–H and O–H groups in total. The zero-order valence-electron chi connectivity index (χ0n) is 17.8. The van der Waals surface area contributed by atoms with Crippen molar-refractivity contribution in [3.05, 3.63) is 59.9 Å². The van der Waals surface area contributed by atoms with Gasteiger partial charge in [-0.05, 0) is 57.7 Å². The molecule has 5 heteroatoms. The molecule has 0 radical (unpaired) electrons. The summed E-state index contributed by atoms with van der Waals surface area (Å²) in [5.74, 6) is 0.423. The summed E-state index contributed by atoms with van der Waals surface area (Å²) in [6, 6.07) is 14.9. The number of rotatable bonds is 8. The van der Waals surface area contributed by atoms with Gasteiger partial charge in [-0.15, -0.1) is 0 Å². The highest BCUT2D eigenvalue weighted by atomic mass is 16.6. The first-order valence-corrected chi connectivity index (χ1v) is 10.7. The summed E-state index contributed by atoms with van der Waals surface area (Å²) in [5.41, 5.74) is 2.21. The van der Waals surface area contributed by atoms with Crippen LogP contribution < -0.4 is 5.32 Å². The number of aromatic amines is 1. The minimum Gasteiger partial charge on any atom is -0.444 e. The van der Waals surface area contributed by atoms with Crippen LogP contribution in [-0.4, -0.2) is 40.7 Å². The molecule has 2 aromatic rings. The Kier molecular flexibility index (Phi) is 5.43. The third-order valence-electron chi connectivity index (χ3n) is 5.95. The summed E-state index contributed by atoms with van der Waals surface area (Å²) >= 11 is 0. The molecule has 2 saturated carbocycles. The van der Waals surface area contributed by atoms with Crippen LogP contribution in [0.5, 0.6) is 0 Å². The Morgan fingerprint density at radius 3 is 2.59 bits per heavy atom. The number of benzene rings is 1. The Labute approximate surface area is 173 Å². The highest BCUT2D eigenvalue weighted by Crippen LogP contribution is 2.51. The lowest BCUT2D eigenvalue weighted by atomic mass is 10.1. The minimum absolute atomic E-state index is 0.170. The van der Waals surface area contributed by atoms with Crippen molar-refractivity contribution in [2.75, 3.05) is 13.1 Å². The number of amides is 1. The first-order chi connectivity index (χ1) is 13.9. The molecule has 1 aromatic heterocycles. The number of nitrogens with one attached hydrogen (secondary N) is 2. The second kappa shape index (κ2) is 7.86. The quantitative estimate of drug-likeness (QED) is 0.682. The highest BCUT2D eigenvalue weighted by Gasteiger charge is 2.51. The second-order valence-electron chi connectivity index (χ2n) is 9.73. The third kappa shape index (κ3) is 5.21. The third-order valence-corrected chi connectivity index (χ3v) is 5.95. The number of carbonyl (C=O) groups excluding carboxylic acids is 1. The molecular weight excluding hydrogens is 362 g/mol. The Hall–Kier alpha value is -2.27. The van der Waals surface area contributed by atoms with Crippen molar-refractivity contribution in [3.63, 3.8) is 0 Å². The van der Waals surface area contributed by atoms with Gasteiger partial charge in [0, 0.05) is 48.9 Å². The maximum atomic E-state index is 13.1. The van der Waals surface area contributed by atoms with Gasteiger partial charge in [0.2, 0.25) is 0 Å². The van der Waals surface area contributed by atoms with Crippen molar-refractivity contribution in [3.8, 4) is 0 Å². The largest absolute Gasteiger partial charge is 0.444 e. The van der Waals surface area contributed by atoms with E-state index in [0.717, 1.165) is 38.9 Å². The molecule has 5 nitrogen and oxygen atoms in total. The van der Waals surface area contributed by atoms with Gasteiger partial charge in [0.05, 0.1) is 0 Å². The van der Waals surface area contributed by atoms with Crippen molar-refractivity contribution in [2.45, 2.75) is 64.1 Å². The van der Waals surface area contributed by atoms with Crippen LogP contribution in [0.3, 0.4) is 0 Å². The molecular formula is C24H33N3O2. The summed E-state index contributed by atoms with van der Waals surface area (Å²) in [6.07, 6.45) is 5.12. The number of H-pyrrole nitrogens is 1. The van der Waals surface area contributed by atoms with Crippen LogP contribution in [0.4, 0.5) is 4.79 Å². The van der Waals surface area contributed by atoms with Crippen molar-refractivity contribution in [1.82, 2.24) is 15.2 Å². The number of hydrogen-bond acceptors (Lipinski definition) is 3. The van der Waals surface area contributed by atoms with Crippen LogP contribution in [0.15, 0.2) is 48.7 Å². The topological polar surface area (TPSA) is 57.4 Å². The average molecular weight is 396 g/mol. The molecule has 2 aliphatic rings. The molecule has 1 aromatic carbocycles. The van der Waals surface area contributed by atoms with Gasteiger partial charge in [-0.2, -0.15) is 0 Å². The standard InChI is InChI=1S/C24H33N3O2/c1-23(2,3)29-22(28)27(21-14-20(21)18-8-5-4-6-9-18)17-24(11-12-24)16-25-15-19-10-7-13-26-19/h4-10,13,20-21,25-26H,11-12,14-17H2,1-3H3/t20?,21-/m0/s1. The Balaban J connectivity index is 1.41. The Bertz CT molecular complexity index is 806. The van der Waals surface area contributed by atoms with Gasteiger partial charge in [-0.25, -0.2) is 4.79 Å². The fourth-order valence-corrected chi connectivity index (χ4v) is 4.09. The molecule has 0 bridgehead atoms. The van der Waals surface area contributed by atoms with E-state index in [0.29, 0.717) is 5.92 Å². The molecule has 0 spiro atoms. The van der Waals surface area contributed by atoms with E-state index in [4.69, 9.17) is 4.74 Å². The highest BCUT2D eigenvalue weighted by molar-refractivity contribution is 5.69. The zero-order valence-corrected chi connectivity index (χ0v) is 17.8. The molecule has 156 valence electrons. The monoisotopic (exact) mass is 395 g/mol. The summed E-state index contributed by atoms with van der Waals surface area (Å²) in [4.78, 5) is 18.3. The molecule has 0 saturated heterocycles. The van der Waals surface area contributed by atoms with Crippen LogP contribution in [0, 0.1) is 5.41 Å². The van der Waals surface area contributed by atoms with Gasteiger partial charge in [-0.1, -0.05) is 30.3 Å². The van der Waals surface area contributed by atoms with Crippen LogP contribution in [0.2, 0.25) is 0 Å². The lowest BCUT2D eigenvalue weighted by Crippen LogP contribution is -2.44. The zero-order chi connectivity index (χ0) is 20.5. The number of hydrogen-bond donors (Lipinski definition) is 2. The number of aromatic nitrogens is 1. The maximum absolute atomic E-state index is 13.1. The number of carbonyl (C=O) groups is 1. The second-order valence-corrected chi connectivity index (χ2v) is 9.73. The fourth-order valence-electron chi connectivity index (χ4n) is 4.09. The average Bonchev–Trinajstić information content (AvgIpc) is 3.57. The predicted molar refractivity (Wildman–Crippen MR) is 115 cm³/mol. The van der Waals surface area contributed by atoms with Gasteiger partial charge >= 0.3 is 6.09 Å². The molecule has 1 heterocycles. The van der Waals surface area contributed by atoms with Crippen molar-refractivity contribution >= 4 is 6.09 Å². The van der Waals surface area contributed by atoms with Gasteiger partial charge < -0.3 is 19.9 Å². The smallest absolute Gasteiger partial charge is 0.410 e. The lowest BCUT2D eigenvalue weighted by Gasteiger charge is -2.31. The van der Waals surface area contributed by atoms with Crippen molar-refractivity contribution in [1.29, 1.82) is 0 Å². The normalized spacial score (nSPS) is 22.2. The van der Waals surface area contributed by atoms with Gasteiger partial charge in [0.1, 0.15) is 5.60 Å². The molecule has 2 fully saturated rings. The summed E-state index contributed by atoms with van der Waals surface area (Å²) in [7, 11) is 0. The van der Waals surface area contributed by atoms with Gasteiger partial charge in [-0.3, -0.25) is 0 Å². The van der Waals surface area contributed by atoms with Crippen LogP contribution in [0.1, 0.15) is 57.2 Å². The first-order valence-electron chi connectivity index (χ1n) is 10.7. The molecule has 29 heavy (non-hydrogen) atoms. The van der Waals surface area contributed by atoms with Gasteiger partial charge in [0.15, 0.2) is 0 Å². The molecule has 4 rings (SSSR count). The van der Waals surface area contributed by atoms with E-state index in [1.165, 1.54) is 11.3 Å². The summed E-state index contributed by atoms with van der Waals surface area (Å²) < 4.78 is 5.78. The van der Waals surface area contributed by atoms with E-state index in [-0.39, 0.29) is 17.6 Å². The van der Waals surface area contributed by atoms with E-state index in [1.54, 1.807) is 0 Å². The fraction of sp³-hybridized carbons (Fsp3) is 0.542. The first kappa shape index (κ1) is 20.0. The maximum Gasteiger partial charge on any atom is 0.410 e. The van der Waals surface area contributed by atoms with Gasteiger partial charge in [0.25, 0.3) is 0 Å². The lowest BCUT2D eigenvalue weighted by molar-refractivity contribution is 0.0187. The molecule has 2 aliphatic carbocycles. The van der Waals surface area contributed by atoms with Crippen molar-refractivity contribution < 1.29 is 9.53 Å². The minimum atomic E-state index is -0.477. The SMILES string of the molecule is CC(C)(C)OC(=O)N(CC1(CNCc2ccc[nH]2)CC1)[C@H]1CC1c1ccccc1. The molecule has 2 atom stereocenters. The number of ether oxygens (including phenoxy) is 1. The van der Waals surface area contributed by atoms with Crippen LogP contribution in [0.25, 0.3) is 0 Å².